The Kier molecular flexibility index (Phi) is 11.2. The highest BCUT2D eigenvalue weighted by molar-refractivity contribution is 7.92. The second-order valence-corrected chi connectivity index (χ2v) is 18.5. The first-order chi connectivity index (χ1) is 22.7. The third kappa shape index (κ3) is 8.02. The van der Waals surface area contributed by atoms with Gasteiger partial charge in [0.2, 0.25) is 17.6 Å². The molecule has 270 valence electrons. The third-order valence-electron chi connectivity index (χ3n) is 11.5. The van der Waals surface area contributed by atoms with Crippen LogP contribution in [0.25, 0.3) is 0 Å². The highest BCUT2D eigenvalue weighted by atomic mass is 32.2. The van der Waals surface area contributed by atoms with Crippen molar-refractivity contribution in [1.29, 1.82) is 0 Å². The minimum Gasteiger partial charge on any atom is -0.347 e. The molecule has 2 aliphatic heterocycles. The van der Waals surface area contributed by atoms with Gasteiger partial charge in [0.25, 0.3) is 5.91 Å². The summed E-state index contributed by atoms with van der Waals surface area (Å²) in [4.78, 5) is 69.7. The number of Topliss-reactive ketones (excluding diaryl/α,β-unsaturated/α-hetero) is 1. The van der Waals surface area contributed by atoms with E-state index in [2.05, 4.69) is 21.3 Å². The van der Waals surface area contributed by atoms with Crippen molar-refractivity contribution in [3.8, 4) is 0 Å². The van der Waals surface area contributed by atoms with Gasteiger partial charge in [-0.3, -0.25) is 19.2 Å². The van der Waals surface area contributed by atoms with Crippen molar-refractivity contribution in [1.82, 2.24) is 26.2 Å². The quantitative estimate of drug-likeness (QED) is 0.241. The van der Waals surface area contributed by atoms with Crippen LogP contribution in [0.3, 0.4) is 0 Å². The molecule has 3 saturated carbocycles. The fourth-order valence-electron chi connectivity index (χ4n) is 8.82. The zero-order valence-electron chi connectivity index (χ0n) is 29.3. The minimum atomic E-state index is -3.38. The molecule has 13 heteroatoms. The van der Waals surface area contributed by atoms with E-state index in [1.165, 1.54) is 0 Å². The molecule has 5 aliphatic rings. The predicted molar refractivity (Wildman–Crippen MR) is 181 cm³/mol. The van der Waals surface area contributed by atoms with Gasteiger partial charge in [-0.25, -0.2) is 13.2 Å². The molecule has 6 atom stereocenters. The number of likely N-dealkylation sites (tertiary alicyclic amines) is 1. The van der Waals surface area contributed by atoms with Crippen LogP contribution in [0, 0.1) is 17.3 Å². The lowest BCUT2D eigenvalue weighted by atomic mass is 9.77. The number of fused-ring (bicyclic) bond motifs is 1. The summed E-state index contributed by atoms with van der Waals surface area (Å²) in [5, 5.41) is 11.0. The van der Waals surface area contributed by atoms with Crippen LogP contribution in [0.4, 0.5) is 4.79 Å². The SMILES string of the molecule is CCC[C@H](NC(=O)[C@@H]1[C@H]2CCC[C@H]2CN1C(=O)[C@@H](NC(=O)NC1([C@@H]2CCCCS2(=O)=O)CCCCC1)C(C)(C)C)C(=O)C(=O)NC1CC1. The van der Waals surface area contributed by atoms with Crippen molar-refractivity contribution in [3.63, 3.8) is 0 Å². The maximum absolute atomic E-state index is 14.5. The molecule has 2 heterocycles. The van der Waals surface area contributed by atoms with Crippen molar-refractivity contribution < 1.29 is 32.4 Å². The Morgan fingerprint density at radius 2 is 1.58 bits per heavy atom. The summed E-state index contributed by atoms with van der Waals surface area (Å²) in [6, 6.07) is -3.35. The van der Waals surface area contributed by atoms with Gasteiger partial charge in [-0.15, -0.1) is 0 Å². The lowest BCUT2D eigenvalue weighted by molar-refractivity contribution is -0.144. The average Bonchev–Trinajstić information content (AvgIpc) is 3.58. The largest absolute Gasteiger partial charge is 0.347 e. The molecule has 5 amide bonds. The molecule has 5 fully saturated rings. The Hall–Kier alpha value is -2.70. The third-order valence-corrected chi connectivity index (χ3v) is 13.9. The Morgan fingerprint density at radius 1 is 0.875 bits per heavy atom. The zero-order valence-corrected chi connectivity index (χ0v) is 30.1. The van der Waals surface area contributed by atoms with E-state index in [4.69, 9.17) is 0 Å². The second kappa shape index (κ2) is 14.6. The average molecular weight is 692 g/mol. The highest BCUT2D eigenvalue weighted by Gasteiger charge is 2.53. The normalized spacial score (nSPS) is 29.2. The van der Waals surface area contributed by atoms with Crippen molar-refractivity contribution in [2.45, 2.75) is 159 Å². The Bertz CT molecular complexity index is 1350. The second-order valence-electron chi connectivity index (χ2n) is 16.2. The number of urea groups is 1. The molecule has 2 saturated heterocycles. The lowest BCUT2D eigenvalue weighted by Gasteiger charge is -2.45. The number of carbonyl (C=O) groups excluding carboxylic acids is 5. The van der Waals surface area contributed by atoms with E-state index in [0.717, 1.165) is 57.8 Å². The monoisotopic (exact) mass is 691 g/mol. The van der Waals surface area contributed by atoms with Gasteiger partial charge in [-0.1, -0.05) is 66.2 Å². The van der Waals surface area contributed by atoms with Crippen LogP contribution in [-0.4, -0.2) is 90.1 Å². The fourth-order valence-corrected chi connectivity index (χ4v) is 11.2. The van der Waals surface area contributed by atoms with Gasteiger partial charge in [0.15, 0.2) is 9.84 Å². The van der Waals surface area contributed by atoms with Crippen LogP contribution in [0.5, 0.6) is 0 Å². The fraction of sp³-hybridized carbons (Fsp3) is 0.857. The van der Waals surface area contributed by atoms with Gasteiger partial charge < -0.3 is 26.2 Å². The summed E-state index contributed by atoms with van der Waals surface area (Å²) in [5.74, 6) is -2.00. The van der Waals surface area contributed by atoms with Crippen LogP contribution < -0.4 is 21.3 Å². The number of nitrogens with one attached hydrogen (secondary N) is 4. The van der Waals surface area contributed by atoms with Gasteiger partial charge in [0.05, 0.1) is 22.6 Å². The molecule has 0 unspecified atom stereocenters. The standard InChI is InChI=1S/C35H57N5O7S/c1-5-12-25(28(41)31(43)36-23-16-17-23)37-30(42)27-24-14-11-13-22(24)21-40(27)32(44)29(34(2,3)4)38-33(45)39-35(18-8-6-9-19-35)26-15-7-10-20-48(26,46)47/h22-27,29H,5-21H2,1-4H3,(H,36,43)(H,37,42)(H2,38,39,45)/t22-,24-,25-,26-,27-,29+/m0/s1. The van der Waals surface area contributed by atoms with E-state index in [0.29, 0.717) is 45.1 Å². The number of hydrogen-bond acceptors (Lipinski definition) is 7. The molecule has 0 aromatic heterocycles. The molecule has 0 aromatic rings. The molecule has 3 aliphatic carbocycles. The molecule has 0 bridgehead atoms. The number of rotatable bonds is 11. The molecule has 0 radical (unpaired) electrons. The van der Waals surface area contributed by atoms with Crippen LogP contribution in [0.15, 0.2) is 0 Å². The van der Waals surface area contributed by atoms with Gasteiger partial charge >= 0.3 is 6.03 Å². The molecular weight excluding hydrogens is 634 g/mol. The Morgan fingerprint density at radius 3 is 2.21 bits per heavy atom. The number of nitrogens with zero attached hydrogens (tertiary/aromatic N) is 1. The van der Waals surface area contributed by atoms with E-state index < -0.39 is 67.8 Å². The minimum absolute atomic E-state index is 0.0145. The van der Waals surface area contributed by atoms with E-state index in [1.54, 1.807) is 4.90 Å². The van der Waals surface area contributed by atoms with E-state index >= 15 is 0 Å². The van der Waals surface area contributed by atoms with Crippen LogP contribution >= 0.6 is 0 Å². The Labute approximate surface area is 286 Å². The first-order valence-electron chi connectivity index (χ1n) is 18.4. The summed E-state index contributed by atoms with van der Waals surface area (Å²) in [7, 11) is -3.38. The number of carbonyl (C=O) groups is 5. The summed E-state index contributed by atoms with van der Waals surface area (Å²) in [5.41, 5.74) is -1.61. The van der Waals surface area contributed by atoms with Crippen molar-refractivity contribution in [2.24, 2.45) is 17.3 Å². The zero-order chi connectivity index (χ0) is 34.9. The number of ketones is 1. The predicted octanol–water partition coefficient (Wildman–Crippen LogP) is 3.13. The maximum atomic E-state index is 14.5. The molecule has 48 heavy (non-hydrogen) atoms. The number of amides is 5. The molecular formula is C35H57N5O7S. The van der Waals surface area contributed by atoms with Crippen molar-refractivity contribution in [2.75, 3.05) is 12.3 Å². The topological polar surface area (TPSA) is 171 Å². The number of hydrogen-bond donors (Lipinski definition) is 4. The summed E-state index contributed by atoms with van der Waals surface area (Å²) in [6.07, 6.45) is 10.9. The van der Waals surface area contributed by atoms with Crippen LogP contribution in [0.2, 0.25) is 0 Å². The van der Waals surface area contributed by atoms with E-state index in [1.807, 2.05) is 27.7 Å². The van der Waals surface area contributed by atoms with E-state index in [9.17, 15) is 32.4 Å². The summed E-state index contributed by atoms with van der Waals surface area (Å²) < 4.78 is 26.5. The molecule has 12 nitrogen and oxygen atoms in total. The van der Waals surface area contributed by atoms with Gasteiger partial charge in [0, 0.05) is 12.6 Å². The van der Waals surface area contributed by atoms with Gasteiger partial charge in [-0.05, 0) is 75.0 Å². The molecule has 5 rings (SSSR count). The first kappa shape index (κ1) is 36.6. The summed E-state index contributed by atoms with van der Waals surface area (Å²) in [6.45, 7) is 7.83. The first-order valence-corrected chi connectivity index (χ1v) is 20.1. The number of sulfone groups is 1. The van der Waals surface area contributed by atoms with Gasteiger partial charge in [-0.2, -0.15) is 0 Å². The molecule has 0 aromatic carbocycles. The maximum Gasteiger partial charge on any atom is 0.315 e. The van der Waals surface area contributed by atoms with Crippen LogP contribution in [-0.2, 0) is 29.0 Å². The molecule has 0 spiro atoms. The molecule has 4 N–H and O–H groups in total. The Balaban J connectivity index is 1.34. The van der Waals surface area contributed by atoms with Crippen molar-refractivity contribution in [3.05, 3.63) is 0 Å². The van der Waals surface area contributed by atoms with E-state index in [-0.39, 0.29) is 29.5 Å². The highest BCUT2D eigenvalue weighted by Crippen LogP contribution is 2.43. The van der Waals surface area contributed by atoms with Crippen LogP contribution in [0.1, 0.15) is 124 Å². The smallest absolute Gasteiger partial charge is 0.315 e. The van der Waals surface area contributed by atoms with Gasteiger partial charge in [0.1, 0.15) is 12.1 Å². The summed E-state index contributed by atoms with van der Waals surface area (Å²) >= 11 is 0. The lowest BCUT2D eigenvalue weighted by Crippen LogP contribution is -2.66. The van der Waals surface area contributed by atoms with Crippen molar-refractivity contribution >= 4 is 39.4 Å².